The Labute approximate surface area is 109 Å². The summed E-state index contributed by atoms with van der Waals surface area (Å²) in [5.41, 5.74) is 2.02. The third kappa shape index (κ3) is 3.72. The lowest BCUT2D eigenvalue weighted by Crippen LogP contribution is -2.19. The molecule has 0 aliphatic rings. The molecule has 1 aromatic carbocycles. The summed E-state index contributed by atoms with van der Waals surface area (Å²) in [6.07, 6.45) is 3.09. The Hall–Kier alpha value is -1.58. The van der Waals surface area contributed by atoms with E-state index in [0.717, 1.165) is 11.9 Å². The molecule has 0 fully saturated rings. The Bertz CT molecular complexity index is 459. The smallest absolute Gasteiger partial charge is 0.128 e. The molecule has 0 amide bonds. The molecule has 0 saturated carbocycles. The van der Waals surface area contributed by atoms with Crippen molar-refractivity contribution in [2.45, 2.75) is 26.3 Å². The highest BCUT2D eigenvalue weighted by molar-refractivity contribution is 6.32. The van der Waals surface area contributed by atoms with E-state index in [1.165, 1.54) is 6.07 Å². The van der Waals surface area contributed by atoms with Crippen LogP contribution in [0, 0.1) is 5.82 Å². The predicted molar refractivity (Wildman–Crippen MR) is 72.4 cm³/mol. The van der Waals surface area contributed by atoms with Crippen LogP contribution in [0.2, 0.25) is 0 Å². The van der Waals surface area contributed by atoms with Gasteiger partial charge in [0.1, 0.15) is 19.9 Å². The monoisotopic (exact) mass is 245 g/mol. The summed E-state index contributed by atoms with van der Waals surface area (Å²) in [5.74, 6) is -0.273. The number of hydrogen-bond acceptors (Lipinski definition) is 2. The number of carbonyl (C=O) groups excluding carboxylic acids is 1. The van der Waals surface area contributed by atoms with Crippen molar-refractivity contribution >= 4 is 19.6 Å². The van der Waals surface area contributed by atoms with E-state index >= 15 is 0 Å². The normalized spacial score (nSPS) is 13.2. The lowest BCUT2D eigenvalue weighted by atomic mass is 9.92. The van der Waals surface area contributed by atoms with Crippen LogP contribution in [-0.4, -0.2) is 26.1 Å². The number of rotatable bonds is 5. The van der Waals surface area contributed by atoms with Crippen molar-refractivity contribution in [2.24, 2.45) is 0 Å². The van der Waals surface area contributed by atoms with Gasteiger partial charge >= 0.3 is 0 Å². The van der Waals surface area contributed by atoms with Crippen molar-refractivity contribution in [2.75, 3.05) is 7.05 Å². The quantitative estimate of drug-likeness (QED) is 0.585. The second kappa shape index (κ2) is 6.38. The van der Waals surface area contributed by atoms with E-state index in [0.29, 0.717) is 17.4 Å². The fourth-order valence-corrected chi connectivity index (χ4v) is 1.75. The highest BCUT2D eigenvalue weighted by Gasteiger charge is 2.13. The lowest BCUT2D eigenvalue weighted by molar-refractivity contribution is -0.107. The van der Waals surface area contributed by atoms with Gasteiger partial charge in [0.2, 0.25) is 0 Å². The number of aldehydes is 1. The third-order valence-corrected chi connectivity index (χ3v) is 2.91. The molecule has 18 heavy (non-hydrogen) atoms. The minimum atomic E-state index is -0.273. The van der Waals surface area contributed by atoms with Crippen LogP contribution in [0.15, 0.2) is 30.0 Å². The maximum Gasteiger partial charge on any atom is 0.128 e. The molecule has 0 N–H and O–H groups in total. The molecule has 1 rings (SSSR count). The van der Waals surface area contributed by atoms with E-state index in [-0.39, 0.29) is 11.9 Å². The Morgan fingerprint density at radius 1 is 1.56 bits per heavy atom. The lowest BCUT2D eigenvalue weighted by Gasteiger charge is -2.25. The van der Waals surface area contributed by atoms with Crippen molar-refractivity contribution in [3.63, 3.8) is 0 Å². The summed E-state index contributed by atoms with van der Waals surface area (Å²) in [6.45, 7) is 3.76. The van der Waals surface area contributed by atoms with Crippen LogP contribution in [0.1, 0.15) is 31.9 Å². The van der Waals surface area contributed by atoms with Crippen molar-refractivity contribution in [3.05, 3.63) is 41.4 Å². The molecule has 0 aliphatic carbocycles. The minimum absolute atomic E-state index is 0.143. The van der Waals surface area contributed by atoms with Crippen LogP contribution >= 0.6 is 0 Å². The van der Waals surface area contributed by atoms with Crippen LogP contribution < -0.4 is 5.46 Å². The van der Waals surface area contributed by atoms with E-state index in [1.54, 1.807) is 12.1 Å². The van der Waals surface area contributed by atoms with E-state index in [9.17, 15) is 9.18 Å². The molecule has 2 radical (unpaired) electrons. The zero-order valence-electron chi connectivity index (χ0n) is 11.0. The number of benzene rings is 1. The van der Waals surface area contributed by atoms with Gasteiger partial charge in [0.05, 0.1) is 6.04 Å². The average molecular weight is 245 g/mol. The zero-order valence-corrected chi connectivity index (χ0v) is 11.0. The summed E-state index contributed by atoms with van der Waals surface area (Å²) < 4.78 is 13.7. The van der Waals surface area contributed by atoms with E-state index < -0.39 is 0 Å². The van der Waals surface area contributed by atoms with E-state index in [2.05, 4.69) is 0 Å². The molecule has 1 unspecified atom stereocenters. The molecule has 1 atom stereocenters. The first-order valence-corrected chi connectivity index (χ1v) is 5.83. The van der Waals surface area contributed by atoms with Gasteiger partial charge in [-0.25, -0.2) is 4.39 Å². The highest BCUT2D eigenvalue weighted by atomic mass is 19.1. The van der Waals surface area contributed by atoms with Crippen LogP contribution in [0.25, 0.3) is 0 Å². The number of halogens is 1. The predicted octanol–water partition coefficient (Wildman–Crippen LogP) is 2.11. The van der Waals surface area contributed by atoms with Crippen molar-refractivity contribution < 1.29 is 9.18 Å². The fourth-order valence-electron chi connectivity index (χ4n) is 1.75. The van der Waals surface area contributed by atoms with Gasteiger partial charge < -0.3 is 9.69 Å². The molecular weight excluding hydrogens is 228 g/mol. The average Bonchev–Trinajstić information content (AvgIpc) is 2.31. The molecule has 1 aromatic rings. The van der Waals surface area contributed by atoms with Crippen molar-refractivity contribution in [1.29, 1.82) is 0 Å². The van der Waals surface area contributed by atoms with Crippen LogP contribution in [0.5, 0.6) is 0 Å². The first-order chi connectivity index (χ1) is 8.45. The van der Waals surface area contributed by atoms with Crippen LogP contribution in [0.4, 0.5) is 4.39 Å². The largest absolute Gasteiger partial charge is 0.374 e. The fraction of sp³-hybridized carbons (Fsp3) is 0.357. The van der Waals surface area contributed by atoms with E-state index in [4.69, 9.17) is 7.85 Å². The second-order valence-electron chi connectivity index (χ2n) is 4.47. The van der Waals surface area contributed by atoms with Gasteiger partial charge in [-0.1, -0.05) is 23.2 Å². The molecule has 4 heteroatoms. The van der Waals surface area contributed by atoms with Crippen molar-refractivity contribution in [3.8, 4) is 0 Å². The third-order valence-electron chi connectivity index (χ3n) is 2.91. The zero-order chi connectivity index (χ0) is 13.7. The number of allylic oxidation sites excluding steroid dienone is 1. The van der Waals surface area contributed by atoms with Gasteiger partial charge in [-0.2, -0.15) is 0 Å². The molecule has 2 nitrogen and oxygen atoms in total. The van der Waals surface area contributed by atoms with Gasteiger partial charge in [-0.05, 0) is 26.1 Å². The molecular formula is C14H17BFNO. The molecule has 0 bridgehead atoms. The standard InChI is InChI=1S/C14H17BFNO/c1-10(6-7-18)9-17(3)11(2)13-8-12(15)4-5-14(13)16/h4-5,7-9,11H,6H2,1-3H3/b10-9-. The summed E-state index contributed by atoms with van der Waals surface area (Å²) in [6, 6.07) is 4.41. The van der Waals surface area contributed by atoms with Crippen LogP contribution in [-0.2, 0) is 4.79 Å². The molecule has 0 heterocycles. The number of hydrogen-bond donors (Lipinski definition) is 0. The summed E-state index contributed by atoms with van der Waals surface area (Å²) in [5, 5.41) is 0. The molecule has 0 spiro atoms. The molecule has 0 saturated heterocycles. The Morgan fingerprint density at radius 3 is 2.83 bits per heavy atom. The maximum absolute atomic E-state index is 13.7. The minimum Gasteiger partial charge on any atom is -0.374 e. The summed E-state index contributed by atoms with van der Waals surface area (Å²) >= 11 is 0. The Balaban J connectivity index is 2.92. The second-order valence-corrected chi connectivity index (χ2v) is 4.47. The topological polar surface area (TPSA) is 20.3 Å². The van der Waals surface area contributed by atoms with Gasteiger partial charge in [0, 0.05) is 19.0 Å². The molecule has 94 valence electrons. The number of carbonyl (C=O) groups is 1. The van der Waals surface area contributed by atoms with Gasteiger partial charge in [0.15, 0.2) is 0 Å². The molecule has 0 aliphatic heterocycles. The summed E-state index contributed by atoms with van der Waals surface area (Å²) in [4.78, 5) is 12.3. The highest BCUT2D eigenvalue weighted by Crippen LogP contribution is 2.21. The van der Waals surface area contributed by atoms with Gasteiger partial charge in [-0.15, -0.1) is 0 Å². The maximum atomic E-state index is 13.7. The first-order valence-electron chi connectivity index (χ1n) is 5.83. The van der Waals surface area contributed by atoms with Crippen LogP contribution in [0.3, 0.4) is 0 Å². The Morgan fingerprint density at radius 2 is 2.22 bits per heavy atom. The van der Waals surface area contributed by atoms with Gasteiger partial charge in [-0.3, -0.25) is 0 Å². The Kier molecular flexibility index (Phi) is 5.14. The van der Waals surface area contributed by atoms with Gasteiger partial charge in [0.25, 0.3) is 0 Å². The van der Waals surface area contributed by atoms with Crippen molar-refractivity contribution in [1.82, 2.24) is 4.90 Å². The number of nitrogens with zero attached hydrogens (tertiary/aromatic N) is 1. The SMILES string of the molecule is [B]c1ccc(F)c(C(C)N(C)/C=C(/C)CC=O)c1. The first kappa shape index (κ1) is 14.5. The molecule has 0 aromatic heterocycles. The summed E-state index contributed by atoms with van der Waals surface area (Å²) in [7, 11) is 7.52. The van der Waals surface area contributed by atoms with E-state index in [1.807, 2.05) is 32.0 Å².